The number of rotatable bonds is 4. The maximum absolute atomic E-state index is 12.0. The number of hydrogen-bond donors (Lipinski definition) is 0. The standard InChI is InChI=1S/C11H11F3O3/c1-7(15)8-3-4-9(16-2)10(5-8)17-6-11(12,13)14/h3-5H,6H2,1-2H3. The average molecular weight is 248 g/mol. The van der Waals surface area contributed by atoms with Crippen molar-refractivity contribution in [3.63, 3.8) is 0 Å². The van der Waals surface area contributed by atoms with Crippen LogP contribution in [0.4, 0.5) is 13.2 Å². The fraction of sp³-hybridized carbons (Fsp3) is 0.364. The zero-order valence-corrected chi connectivity index (χ0v) is 9.30. The summed E-state index contributed by atoms with van der Waals surface area (Å²) >= 11 is 0. The van der Waals surface area contributed by atoms with E-state index in [1.807, 2.05) is 0 Å². The molecule has 0 aromatic heterocycles. The Labute approximate surface area is 96.1 Å². The van der Waals surface area contributed by atoms with Crippen molar-refractivity contribution in [2.75, 3.05) is 13.7 Å². The second-order valence-electron chi connectivity index (χ2n) is 3.33. The highest BCUT2D eigenvalue weighted by Crippen LogP contribution is 2.29. The summed E-state index contributed by atoms with van der Waals surface area (Å²) in [4.78, 5) is 11.1. The molecular formula is C11H11F3O3. The molecule has 3 nitrogen and oxygen atoms in total. The Hall–Kier alpha value is -1.72. The lowest BCUT2D eigenvalue weighted by Gasteiger charge is -2.13. The fourth-order valence-electron chi connectivity index (χ4n) is 1.17. The SMILES string of the molecule is COc1ccc(C(C)=O)cc1OCC(F)(F)F. The molecule has 1 aromatic carbocycles. The van der Waals surface area contributed by atoms with Crippen LogP contribution in [0.5, 0.6) is 11.5 Å². The average Bonchev–Trinajstić information content (AvgIpc) is 2.24. The first kappa shape index (κ1) is 13.3. The minimum atomic E-state index is -4.43. The van der Waals surface area contributed by atoms with E-state index in [1.165, 1.54) is 32.2 Å². The zero-order chi connectivity index (χ0) is 13.1. The van der Waals surface area contributed by atoms with Crippen molar-refractivity contribution in [2.24, 2.45) is 0 Å². The van der Waals surface area contributed by atoms with Crippen LogP contribution in [0.25, 0.3) is 0 Å². The molecule has 0 saturated heterocycles. The monoisotopic (exact) mass is 248 g/mol. The van der Waals surface area contributed by atoms with Crippen LogP contribution >= 0.6 is 0 Å². The fourth-order valence-corrected chi connectivity index (χ4v) is 1.17. The Bertz CT molecular complexity index is 413. The van der Waals surface area contributed by atoms with Crippen LogP contribution in [0.15, 0.2) is 18.2 Å². The molecule has 94 valence electrons. The number of carbonyl (C=O) groups is 1. The van der Waals surface area contributed by atoms with E-state index in [9.17, 15) is 18.0 Å². The number of halogens is 3. The Morgan fingerprint density at radius 1 is 1.29 bits per heavy atom. The van der Waals surface area contributed by atoms with Gasteiger partial charge in [0.2, 0.25) is 0 Å². The summed E-state index contributed by atoms with van der Waals surface area (Å²) < 4.78 is 45.4. The predicted octanol–water partition coefficient (Wildman–Crippen LogP) is 2.84. The normalized spacial score (nSPS) is 11.1. The molecule has 0 aliphatic carbocycles. The van der Waals surface area contributed by atoms with Crippen molar-refractivity contribution >= 4 is 5.78 Å². The summed E-state index contributed by atoms with van der Waals surface area (Å²) in [6, 6.07) is 4.08. The van der Waals surface area contributed by atoms with Gasteiger partial charge in [-0.25, -0.2) is 0 Å². The first-order valence-corrected chi connectivity index (χ1v) is 4.72. The van der Waals surface area contributed by atoms with Crippen molar-refractivity contribution in [1.82, 2.24) is 0 Å². The lowest BCUT2D eigenvalue weighted by molar-refractivity contribution is -0.153. The van der Waals surface area contributed by atoms with Gasteiger partial charge in [-0.2, -0.15) is 13.2 Å². The van der Waals surface area contributed by atoms with Crippen molar-refractivity contribution in [1.29, 1.82) is 0 Å². The third-order valence-electron chi connectivity index (χ3n) is 1.96. The van der Waals surface area contributed by atoms with Gasteiger partial charge in [0.15, 0.2) is 23.9 Å². The van der Waals surface area contributed by atoms with E-state index >= 15 is 0 Å². The van der Waals surface area contributed by atoms with E-state index in [-0.39, 0.29) is 22.8 Å². The quantitative estimate of drug-likeness (QED) is 0.768. The Morgan fingerprint density at radius 3 is 2.41 bits per heavy atom. The van der Waals surface area contributed by atoms with Gasteiger partial charge < -0.3 is 9.47 Å². The van der Waals surface area contributed by atoms with E-state index < -0.39 is 12.8 Å². The molecule has 0 aliphatic rings. The molecule has 0 aliphatic heterocycles. The van der Waals surface area contributed by atoms with Gasteiger partial charge in [0.05, 0.1) is 7.11 Å². The van der Waals surface area contributed by atoms with Gasteiger partial charge in [0, 0.05) is 5.56 Å². The minimum absolute atomic E-state index is 0.0995. The van der Waals surface area contributed by atoms with Crippen molar-refractivity contribution in [3.05, 3.63) is 23.8 Å². The molecule has 0 saturated carbocycles. The molecule has 0 unspecified atom stereocenters. The Morgan fingerprint density at radius 2 is 1.94 bits per heavy atom. The minimum Gasteiger partial charge on any atom is -0.493 e. The number of hydrogen-bond acceptors (Lipinski definition) is 3. The van der Waals surface area contributed by atoms with Crippen LogP contribution in [0, 0.1) is 0 Å². The predicted molar refractivity (Wildman–Crippen MR) is 54.5 cm³/mol. The van der Waals surface area contributed by atoms with Crippen LogP contribution in [0.2, 0.25) is 0 Å². The number of Topliss-reactive ketones (excluding diaryl/α,β-unsaturated/α-hetero) is 1. The maximum atomic E-state index is 12.0. The third kappa shape index (κ3) is 3.97. The number of carbonyl (C=O) groups excluding carboxylic acids is 1. The number of methoxy groups -OCH3 is 1. The highest BCUT2D eigenvalue weighted by Gasteiger charge is 2.29. The summed E-state index contributed by atoms with van der Waals surface area (Å²) in [7, 11) is 1.31. The summed E-state index contributed by atoms with van der Waals surface area (Å²) in [5, 5.41) is 0. The molecule has 6 heteroatoms. The second kappa shape index (κ2) is 5.07. The van der Waals surface area contributed by atoms with Gasteiger partial charge in [0.25, 0.3) is 0 Å². The lowest BCUT2D eigenvalue weighted by Crippen LogP contribution is -2.19. The van der Waals surface area contributed by atoms with E-state index in [2.05, 4.69) is 4.74 Å². The highest BCUT2D eigenvalue weighted by molar-refractivity contribution is 5.94. The molecular weight excluding hydrogens is 237 g/mol. The highest BCUT2D eigenvalue weighted by atomic mass is 19.4. The molecule has 0 fully saturated rings. The van der Waals surface area contributed by atoms with Crippen LogP contribution in [0.1, 0.15) is 17.3 Å². The van der Waals surface area contributed by atoms with Crippen LogP contribution < -0.4 is 9.47 Å². The topological polar surface area (TPSA) is 35.5 Å². The summed E-state index contributed by atoms with van der Waals surface area (Å²) in [6.45, 7) is -0.111. The van der Waals surface area contributed by atoms with Crippen molar-refractivity contribution < 1.29 is 27.4 Å². The number of ether oxygens (including phenoxy) is 2. The lowest BCUT2D eigenvalue weighted by atomic mass is 10.1. The van der Waals surface area contributed by atoms with Crippen LogP contribution in [0.3, 0.4) is 0 Å². The van der Waals surface area contributed by atoms with Crippen molar-refractivity contribution in [2.45, 2.75) is 13.1 Å². The molecule has 1 rings (SSSR count). The molecule has 0 radical (unpaired) electrons. The molecule has 1 aromatic rings. The summed E-state index contributed by atoms with van der Waals surface area (Å²) in [5.74, 6) is -0.207. The van der Waals surface area contributed by atoms with Gasteiger partial charge in [-0.15, -0.1) is 0 Å². The molecule has 17 heavy (non-hydrogen) atoms. The zero-order valence-electron chi connectivity index (χ0n) is 9.30. The number of benzene rings is 1. The first-order valence-electron chi connectivity index (χ1n) is 4.72. The van der Waals surface area contributed by atoms with Gasteiger partial charge in [0.1, 0.15) is 0 Å². The molecule has 0 N–H and O–H groups in total. The van der Waals surface area contributed by atoms with E-state index in [0.717, 1.165) is 0 Å². The molecule has 0 atom stereocenters. The van der Waals surface area contributed by atoms with Crippen LogP contribution in [-0.2, 0) is 0 Å². The number of ketones is 1. The van der Waals surface area contributed by atoms with E-state index in [4.69, 9.17) is 4.74 Å². The Balaban J connectivity index is 2.94. The number of alkyl halides is 3. The molecule has 0 bridgehead atoms. The summed E-state index contributed by atoms with van der Waals surface area (Å²) in [5.41, 5.74) is 0.267. The second-order valence-corrected chi connectivity index (χ2v) is 3.33. The first-order chi connectivity index (χ1) is 7.83. The van der Waals surface area contributed by atoms with Gasteiger partial charge in [-0.1, -0.05) is 0 Å². The smallest absolute Gasteiger partial charge is 0.422 e. The van der Waals surface area contributed by atoms with E-state index in [0.29, 0.717) is 0 Å². The largest absolute Gasteiger partial charge is 0.493 e. The molecule has 0 amide bonds. The maximum Gasteiger partial charge on any atom is 0.422 e. The molecule has 0 heterocycles. The third-order valence-corrected chi connectivity index (χ3v) is 1.96. The van der Waals surface area contributed by atoms with Crippen molar-refractivity contribution in [3.8, 4) is 11.5 Å². The van der Waals surface area contributed by atoms with E-state index in [1.54, 1.807) is 0 Å². The Kier molecular flexibility index (Phi) is 3.98. The van der Waals surface area contributed by atoms with Gasteiger partial charge in [-0.3, -0.25) is 4.79 Å². The van der Waals surface area contributed by atoms with Gasteiger partial charge in [-0.05, 0) is 25.1 Å². The van der Waals surface area contributed by atoms with Crippen LogP contribution in [-0.4, -0.2) is 25.7 Å². The molecule has 0 spiro atoms. The summed E-state index contributed by atoms with van der Waals surface area (Å²) in [6.07, 6.45) is -4.43. The van der Waals surface area contributed by atoms with Gasteiger partial charge >= 0.3 is 6.18 Å².